The summed E-state index contributed by atoms with van der Waals surface area (Å²) < 4.78 is 0. The Morgan fingerprint density at radius 1 is 1.30 bits per heavy atom. The molecule has 2 N–H and O–H groups in total. The van der Waals surface area contributed by atoms with E-state index in [0.29, 0.717) is 12.3 Å². The zero-order chi connectivity index (χ0) is 19.3. The van der Waals surface area contributed by atoms with Gasteiger partial charge in [-0.25, -0.2) is 0 Å². The second-order valence-electron chi connectivity index (χ2n) is 8.85. The van der Waals surface area contributed by atoms with Gasteiger partial charge in [-0.05, 0) is 86.5 Å². The zero-order valence-corrected chi connectivity index (χ0v) is 17.5. The molecule has 27 heavy (non-hydrogen) atoms. The summed E-state index contributed by atoms with van der Waals surface area (Å²) in [5.41, 5.74) is 0.170. The van der Waals surface area contributed by atoms with E-state index in [1.807, 2.05) is 0 Å². The van der Waals surface area contributed by atoms with Crippen LogP contribution < -0.4 is 0 Å². The van der Waals surface area contributed by atoms with Gasteiger partial charge in [-0.3, -0.25) is 0 Å². The van der Waals surface area contributed by atoms with Gasteiger partial charge in [0.2, 0.25) is 0 Å². The molecule has 1 heterocycles. The van der Waals surface area contributed by atoms with E-state index in [1.54, 1.807) is 11.3 Å². The summed E-state index contributed by atoms with van der Waals surface area (Å²) in [6.45, 7) is 2.20. The number of aryl methyl sites for hydroxylation is 1. The van der Waals surface area contributed by atoms with Gasteiger partial charge in [0.1, 0.15) is 0 Å². The molecule has 2 fully saturated rings. The van der Waals surface area contributed by atoms with Crippen molar-refractivity contribution < 1.29 is 10.2 Å². The third-order valence-corrected chi connectivity index (χ3v) is 8.47. The number of thiophene rings is 1. The number of rotatable bonds is 10. The number of aliphatic hydroxyl groups excluding tert-OH is 2. The smallest absolute Gasteiger partial charge is 0.0659 e. The Bertz CT molecular complexity index is 599. The Kier molecular flexibility index (Phi) is 7.36. The summed E-state index contributed by atoms with van der Waals surface area (Å²) in [6.07, 6.45) is 10.7. The molecule has 2 aliphatic carbocycles. The van der Waals surface area contributed by atoms with Crippen molar-refractivity contribution in [3.8, 4) is 6.07 Å². The van der Waals surface area contributed by atoms with Crippen LogP contribution in [0.3, 0.4) is 0 Å². The molecular formula is C23H35NO2S. The topological polar surface area (TPSA) is 64.2 Å². The summed E-state index contributed by atoms with van der Waals surface area (Å²) in [5.74, 6) is 0.530. The molecule has 5 atom stereocenters. The third-order valence-electron chi connectivity index (χ3n) is 7.54. The lowest BCUT2D eigenvalue weighted by Gasteiger charge is -2.45. The number of hydrogen-bond acceptors (Lipinski definition) is 4. The second kappa shape index (κ2) is 9.54. The van der Waals surface area contributed by atoms with Crippen molar-refractivity contribution in [3.05, 3.63) is 22.4 Å². The van der Waals surface area contributed by atoms with E-state index in [9.17, 15) is 15.5 Å². The largest absolute Gasteiger partial charge is 0.393 e. The molecular weight excluding hydrogens is 354 g/mol. The van der Waals surface area contributed by atoms with Gasteiger partial charge < -0.3 is 10.2 Å². The van der Waals surface area contributed by atoms with Crippen LogP contribution in [0.2, 0.25) is 0 Å². The maximum atomic E-state index is 10.7. The van der Waals surface area contributed by atoms with E-state index >= 15 is 0 Å². The molecule has 3 nitrogen and oxygen atoms in total. The standard InChI is InChI=1S/C23H35NO2S/c1-2-23(12-6-13-23)22(26)11-4-10-20-19(17(16-24)15-21(20)25)9-3-7-18-8-5-14-27-18/h5,8,14,17,19-22,25-26H,2-4,6-7,9-13,15H2,1H3/t17-,19-,20+,21+,22?/m0/s1. The predicted octanol–water partition coefficient (Wildman–Crippen LogP) is 5.32. The first-order chi connectivity index (χ1) is 13.1. The van der Waals surface area contributed by atoms with Gasteiger partial charge in [-0.15, -0.1) is 11.3 Å². The zero-order valence-electron chi connectivity index (χ0n) is 16.6. The minimum atomic E-state index is -0.345. The highest BCUT2D eigenvalue weighted by Gasteiger charge is 2.43. The fourth-order valence-electron chi connectivity index (χ4n) is 5.54. The fourth-order valence-corrected chi connectivity index (χ4v) is 6.29. The quantitative estimate of drug-likeness (QED) is 0.569. The van der Waals surface area contributed by atoms with Gasteiger partial charge in [-0.1, -0.05) is 25.8 Å². The molecule has 0 radical (unpaired) electrons. The maximum absolute atomic E-state index is 10.7. The molecule has 0 amide bonds. The maximum Gasteiger partial charge on any atom is 0.0659 e. The summed E-state index contributed by atoms with van der Waals surface area (Å²) >= 11 is 1.80. The van der Waals surface area contributed by atoms with Crippen LogP contribution in [0.15, 0.2) is 17.5 Å². The number of aliphatic hydroxyl groups is 2. The summed E-state index contributed by atoms with van der Waals surface area (Å²) in [6, 6.07) is 6.74. The highest BCUT2D eigenvalue weighted by atomic mass is 32.1. The van der Waals surface area contributed by atoms with Gasteiger partial charge in [0.25, 0.3) is 0 Å². The first-order valence-corrected chi connectivity index (χ1v) is 11.8. The Hall–Kier alpha value is -0.890. The minimum absolute atomic E-state index is 0.00752. The Morgan fingerprint density at radius 3 is 2.67 bits per heavy atom. The van der Waals surface area contributed by atoms with Crippen LogP contribution in [0.25, 0.3) is 0 Å². The van der Waals surface area contributed by atoms with E-state index < -0.39 is 0 Å². The molecule has 0 bridgehead atoms. The van der Waals surface area contributed by atoms with Crippen molar-refractivity contribution in [2.24, 2.45) is 23.2 Å². The molecule has 2 saturated carbocycles. The lowest BCUT2D eigenvalue weighted by Crippen LogP contribution is -2.40. The highest BCUT2D eigenvalue weighted by molar-refractivity contribution is 7.09. The van der Waals surface area contributed by atoms with Crippen LogP contribution in [0, 0.1) is 34.5 Å². The van der Waals surface area contributed by atoms with Crippen molar-refractivity contribution in [1.82, 2.24) is 0 Å². The van der Waals surface area contributed by atoms with Crippen molar-refractivity contribution in [2.75, 3.05) is 0 Å². The summed E-state index contributed by atoms with van der Waals surface area (Å²) in [4.78, 5) is 1.41. The molecule has 150 valence electrons. The lowest BCUT2D eigenvalue weighted by atomic mass is 9.62. The Balaban J connectivity index is 1.49. The average Bonchev–Trinajstić information content (AvgIpc) is 3.24. The van der Waals surface area contributed by atoms with Crippen molar-refractivity contribution >= 4 is 11.3 Å². The van der Waals surface area contributed by atoms with Crippen LogP contribution >= 0.6 is 11.3 Å². The minimum Gasteiger partial charge on any atom is -0.393 e. The van der Waals surface area contributed by atoms with E-state index in [0.717, 1.165) is 44.9 Å². The van der Waals surface area contributed by atoms with Gasteiger partial charge in [0, 0.05) is 4.88 Å². The van der Waals surface area contributed by atoms with Gasteiger partial charge in [0.05, 0.1) is 24.2 Å². The van der Waals surface area contributed by atoms with Crippen molar-refractivity contribution in [1.29, 1.82) is 5.26 Å². The van der Waals surface area contributed by atoms with E-state index in [2.05, 4.69) is 30.5 Å². The van der Waals surface area contributed by atoms with E-state index in [-0.39, 0.29) is 29.5 Å². The van der Waals surface area contributed by atoms with Gasteiger partial charge >= 0.3 is 0 Å². The second-order valence-corrected chi connectivity index (χ2v) is 9.89. The monoisotopic (exact) mass is 389 g/mol. The number of nitrogens with zero attached hydrogens (tertiary/aromatic N) is 1. The molecule has 0 saturated heterocycles. The molecule has 1 aromatic rings. The first-order valence-electron chi connectivity index (χ1n) is 10.9. The molecule has 4 heteroatoms. The normalized spacial score (nSPS) is 30.6. The van der Waals surface area contributed by atoms with Gasteiger partial charge in [0.15, 0.2) is 0 Å². The van der Waals surface area contributed by atoms with Crippen LogP contribution in [0.4, 0.5) is 0 Å². The first kappa shape index (κ1) is 20.8. The highest BCUT2D eigenvalue weighted by Crippen LogP contribution is 2.48. The summed E-state index contributed by atoms with van der Waals surface area (Å²) in [5, 5.41) is 32.9. The van der Waals surface area contributed by atoms with Crippen molar-refractivity contribution in [3.63, 3.8) is 0 Å². The fraction of sp³-hybridized carbons (Fsp3) is 0.783. The number of nitriles is 1. The number of hydrogen-bond donors (Lipinski definition) is 2. The molecule has 1 aromatic heterocycles. The predicted molar refractivity (Wildman–Crippen MR) is 110 cm³/mol. The van der Waals surface area contributed by atoms with Crippen LogP contribution in [0.5, 0.6) is 0 Å². The molecule has 2 aliphatic rings. The van der Waals surface area contributed by atoms with Crippen LogP contribution in [-0.4, -0.2) is 22.4 Å². The van der Waals surface area contributed by atoms with Crippen LogP contribution in [-0.2, 0) is 6.42 Å². The third kappa shape index (κ3) is 4.75. The Morgan fingerprint density at radius 2 is 2.07 bits per heavy atom. The molecule has 0 spiro atoms. The lowest BCUT2D eigenvalue weighted by molar-refractivity contribution is -0.0444. The van der Waals surface area contributed by atoms with Gasteiger partial charge in [-0.2, -0.15) is 5.26 Å². The summed E-state index contributed by atoms with van der Waals surface area (Å²) in [7, 11) is 0. The SMILES string of the molecule is CCC1(C(O)CCC[C@@H]2[C@@H](CCCc3cccs3)[C@H](C#N)C[C@H]2O)CCC1. The average molecular weight is 390 g/mol. The molecule has 1 unspecified atom stereocenters. The van der Waals surface area contributed by atoms with E-state index in [4.69, 9.17) is 0 Å². The van der Waals surface area contributed by atoms with E-state index in [1.165, 1.54) is 24.1 Å². The van der Waals surface area contributed by atoms with Crippen LogP contribution in [0.1, 0.15) is 76.0 Å². The molecule has 0 aromatic carbocycles. The van der Waals surface area contributed by atoms with Crippen molar-refractivity contribution in [2.45, 2.75) is 89.8 Å². The Labute approximate surface area is 168 Å². The molecule has 0 aliphatic heterocycles. The molecule has 3 rings (SSSR count).